The highest BCUT2D eigenvalue weighted by molar-refractivity contribution is 5.88. The molecule has 13 N–H and O–H groups in total. The Kier molecular flexibility index (Phi) is 16.2. The lowest BCUT2D eigenvalue weighted by Crippen LogP contribution is -2.68. The molecule has 25 heteroatoms. The van der Waals surface area contributed by atoms with Gasteiger partial charge in [-0.15, -0.1) is 0 Å². The van der Waals surface area contributed by atoms with Gasteiger partial charge in [-0.05, 0) is 60.7 Å². The maximum Gasteiger partial charge on any atom is 0.187 e. The maximum absolute atomic E-state index is 14.7. The zero-order valence-corrected chi connectivity index (χ0v) is 42.4. The number of hydrogen-bond acceptors (Lipinski definition) is 25. The first-order valence-electron chi connectivity index (χ1n) is 26.7. The standard InChI is InChI=1S/C50H78O25/c1-17-5-6-50(67-15-17)18(2)32-27(75-50)8-21-19-7-23(54)22-9-26(24(55)11-48(22,3)20(19)10-31(57)49(21,32)4)68-45-40(65)37(62)41(30(14-53)71-45)72-47-43(74-46-39(64)36(61)34(59)28(12-51)69-46)42(35(60)29(13-52)70-47)73-44-38(63)33(58)25(56)16-66-44/h17-23,25-30,32-47,51-54,56,58-65H,5-16H2,1-4H3. The van der Waals surface area contributed by atoms with Crippen LogP contribution in [0.1, 0.15) is 72.6 Å². The van der Waals surface area contributed by atoms with E-state index in [1.54, 1.807) is 0 Å². The molecule has 75 heavy (non-hydrogen) atoms. The van der Waals surface area contributed by atoms with Crippen molar-refractivity contribution in [3.63, 3.8) is 0 Å². The molecule has 428 valence electrons. The van der Waals surface area contributed by atoms with E-state index in [0.29, 0.717) is 25.4 Å². The molecule has 0 aromatic heterocycles. The molecule has 32 unspecified atom stereocenters. The van der Waals surface area contributed by atoms with Crippen LogP contribution in [0.2, 0.25) is 0 Å². The maximum atomic E-state index is 14.7. The summed E-state index contributed by atoms with van der Waals surface area (Å²) in [6.45, 7) is 5.62. The minimum atomic E-state index is -2.06. The topological polar surface area (TPSA) is 389 Å². The summed E-state index contributed by atoms with van der Waals surface area (Å²) in [4.78, 5) is 29.1. The molecule has 25 nitrogen and oxygen atoms in total. The second-order valence-corrected chi connectivity index (χ2v) is 23.9. The summed E-state index contributed by atoms with van der Waals surface area (Å²) < 4.78 is 60.3. The fourth-order valence-corrected chi connectivity index (χ4v) is 15.4. The fourth-order valence-electron chi connectivity index (χ4n) is 15.4. The van der Waals surface area contributed by atoms with Crippen LogP contribution in [-0.4, -0.2) is 252 Å². The van der Waals surface area contributed by atoms with Crippen molar-refractivity contribution in [3.8, 4) is 0 Å². The molecule has 0 bridgehead atoms. The van der Waals surface area contributed by atoms with Gasteiger partial charge in [0.05, 0.1) is 45.2 Å². The molecule has 4 aliphatic carbocycles. The van der Waals surface area contributed by atoms with Crippen LogP contribution in [0.4, 0.5) is 0 Å². The first-order chi connectivity index (χ1) is 35.5. The number of aliphatic hydroxyl groups is 13. The lowest BCUT2D eigenvalue weighted by atomic mass is 9.43. The minimum Gasteiger partial charge on any atom is -0.394 e. The average Bonchev–Trinajstić information content (AvgIpc) is 3.92. The molecule has 0 aromatic rings. The first kappa shape index (κ1) is 56.7. The van der Waals surface area contributed by atoms with Gasteiger partial charge in [0.2, 0.25) is 0 Å². The number of fused-ring (bicyclic) bond motifs is 7. The largest absolute Gasteiger partial charge is 0.394 e. The van der Waals surface area contributed by atoms with E-state index in [9.17, 15) is 76.0 Å². The molecule has 32 atom stereocenters. The van der Waals surface area contributed by atoms with Crippen molar-refractivity contribution >= 4 is 11.6 Å². The van der Waals surface area contributed by atoms with Gasteiger partial charge >= 0.3 is 0 Å². The number of ketones is 2. The van der Waals surface area contributed by atoms with E-state index in [1.807, 2.05) is 6.92 Å². The highest BCUT2D eigenvalue weighted by Crippen LogP contribution is 2.70. The Labute approximate surface area is 432 Å². The van der Waals surface area contributed by atoms with Crippen LogP contribution >= 0.6 is 0 Å². The molecule has 6 saturated heterocycles. The van der Waals surface area contributed by atoms with Gasteiger partial charge in [-0.3, -0.25) is 9.59 Å². The minimum absolute atomic E-state index is 0.0120. The zero-order valence-electron chi connectivity index (χ0n) is 42.4. The van der Waals surface area contributed by atoms with Crippen LogP contribution in [0.5, 0.6) is 0 Å². The number of rotatable bonds is 11. The van der Waals surface area contributed by atoms with E-state index in [4.69, 9.17) is 47.4 Å². The molecule has 0 radical (unpaired) electrons. The Balaban J connectivity index is 0.843. The number of aliphatic hydroxyl groups excluding tert-OH is 13. The van der Waals surface area contributed by atoms with Gasteiger partial charge in [0.25, 0.3) is 0 Å². The highest BCUT2D eigenvalue weighted by atomic mass is 16.8. The Morgan fingerprint density at radius 2 is 1.20 bits per heavy atom. The molecule has 0 aromatic carbocycles. The molecule has 6 heterocycles. The molecule has 10 fully saturated rings. The lowest BCUT2D eigenvalue weighted by Gasteiger charge is -2.61. The van der Waals surface area contributed by atoms with Gasteiger partial charge in [0, 0.05) is 36.5 Å². The number of carbonyl (C=O) groups excluding carboxylic acids is 2. The fraction of sp³-hybridized carbons (Fsp3) is 0.960. The smallest absolute Gasteiger partial charge is 0.187 e. The molecular weight excluding hydrogens is 1000 g/mol. The molecule has 10 rings (SSSR count). The predicted molar refractivity (Wildman–Crippen MR) is 244 cm³/mol. The van der Waals surface area contributed by atoms with E-state index >= 15 is 0 Å². The van der Waals surface area contributed by atoms with Crippen LogP contribution < -0.4 is 0 Å². The summed E-state index contributed by atoms with van der Waals surface area (Å²) in [6, 6.07) is 0. The average molecular weight is 1080 g/mol. The van der Waals surface area contributed by atoms with Crippen LogP contribution in [0.25, 0.3) is 0 Å². The van der Waals surface area contributed by atoms with Crippen LogP contribution in [-0.2, 0) is 57.0 Å². The molecule has 4 saturated carbocycles. The van der Waals surface area contributed by atoms with Crippen molar-refractivity contribution in [2.24, 2.45) is 52.3 Å². The molecule has 6 aliphatic heterocycles. The SMILES string of the molecule is CC1CCC2(OC1)OC1CC3C4CC(O)C5CC(OC6OC(CO)C(OC7OC(CO)C(O)C(OC8OCC(O)C(O)C8O)C7OC7OC(CO)C(O)C(O)C7O)C(O)C6O)C(=O)CC5(C)C4CC(=O)C3(C)C1C2C. The van der Waals surface area contributed by atoms with E-state index in [-0.39, 0.29) is 66.5 Å². The monoisotopic (exact) mass is 1080 g/mol. The van der Waals surface area contributed by atoms with Gasteiger partial charge in [0.15, 0.2) is 36.7 Å². The third-order valence-electron chi connectivity index (χ3n) is 19.7. The first-order valence-corrected chi connectivity index (χ1v) is 26.7. The van der Waals surface area contributed by atoms with Crippen molar-refractivity contribution in [2.45, 2.75) is 213 Å². The van der Waals surface area contributed by atoms with Crippen LogP contribution in [0, 0.1) is 52.3 Å². The molecule has 1 spiro atoms. The number of carbonyl (C=O) groups is 2. The third kappa shape index (κ3) is 9.40. The van der Waals surface area contributed by atoms with Crippen LogP contribution in [0.3, 0.4) is 0 Å². The Bertz CT molecular complexity index is 2030. The second-order valence-electron chi connectivity index (χ2n) is 23.9. The summed E-state index contributed by atoms with van der Waals surface area (Å²) in [5, 5.41) is 141. The highest BCUT2D eigenvalue weighted by Gasteiger charge is 2.73. The van der Waals surface area contributed by atoms with Gasteiger partial charge in [-0.25, -0.2) is 0 Å². The van der Waals surface area contributed by atoms with Gasteiger partial charge in [-0.2, -0.15) is 0 Å². The molecule has 0 amide bonds. The summed E-state index contributed by atoms with van der Waals surface area (Å²) in [6.07, 6.45) is -34.4. The van der Waals surface area contributed by atoms with Crippen molar-refractivity contribution in [1.29, 1.82) is 0 Å². The third-order valence-corrected chi connectivity index (χ3v) is 19.7. The van der Waals surface area contributed by atoms with Crippen molar-refractivity contribution < 1.29 is 123 Å². The predicted octanol–water partition coefficient (Wildman–Crippen LogP) is -4.94. The summed E-state index contributed by atoms with van der Waals surface area (Å²) in [7, 11) is 0. The Morgan fingerprint density at radius 3 is 1.88 bits per heavy atom. The number of Topliss-reactive ketones (excluding diaryl/α,β-unsaturated/α-hetero) is 2. The summed E-state index contributed by atoms with van der Waals surface area (Å²) in [5.41, 5.74) is -1.50. The summed E-state index contributed by atoms with van der Waals surface area (Å²) >= 11 is 0. The van der Waals surface area contributed by atoms with E-state index in [1.165, 1.54) is 0 Å². The van der Waals surface area contributed by atoms with E-state index < -0.39 is 178 Å². The lowest BCUT2D eigenvalue weighted by molar-refractivity contribution is -0.403. The van der Waals surface area contributed by atoms with E-state index in [0.717, 1.165) is 12.8 Å². The van der Waals surface area contributed by atoms with Crippen molar-refractivity contribution in [3.05, 3.63) is 0 Å². The van der Waals surface area contributed by atoms with Gasteiger partial charge in [0.1, 0.15) is 103 Å². The Morgan fingerprint density at radius 1 is 0.587 bits per heavy atom. The number of ether oxygens (including phenoxy) is 10. The molecule has 10 aliphatic rings. The second kappa shape index (κ2) is 21.4. The molecular formula is C50H78O25. The van der Waals surface area contributed by atoms with E-state index in [2.05, 4.69) is 20.8 Å². The van der Waals surface area contributed by atoms with Crippen molar-refractivity contribution in [2.75, 3.05) is 33.0 Å². The van der Waals surface area contributed by atoms with Gasteiger partial charge in [-0.1, -0.05) is 27.7 Å². The zero-order chi connectivity index (χ0) is 54.0. The normalized spacial score (nSPS) is 57.1. The van der Waals surface area contributed by atoms with Gasteiger partial charge < -0.3 is 114 Å². The summed E-state index contributed by atoms with van der Waals surface area (Å²) in [5.74, 6) is -1.50. The number of hydrogen-bond donors (Lipinski definition) is 13. The van der Waals surface area contributed by atoms with Crippen molar-refractivity contribution in [1.82, 2.24) is 0 Å². The Hall–Kier alpha value is -1.58. The quantitative estimate of drug-likeness (QED) is 0.0862. The van der Waals surface area contributed by atoms with Crippen LogP contribution in [0.15, 0.2) is 0 Å².